The first kappa shape index (κ1) is 15.4. The highest BCUT2D eigenvalue weighted by atomic mass is 16.2. The number of aromatic amines is 1. The quantitative estimate of drug-likeness (QED) is 0.786. The molecule has 3 heterocycles. The maximum atomic E-state index is 12.7. The molecular formula is C18H20N6O. The molecule has 1 aliphatic heterocycles. The van der Waals surface area contributed by atoms with Gasteiger partial charge < -0.3 is 14.8 Å². The summed E-state index contributed by atoms with van der Waals surface area (Å²) in [4.78, 5) is 24.1. The Kier molecular flexibility index (Phi) is 4.20. The van der Waals surface area contributed by atoms with Gasteiger partial charge in [0.2, 0.25) is 5.95 Å². The van der Waals surface area contributed by atoms with Gasteiger partial charge in [-0.2, -0.15) is 5.10 Å². The number of carbonyl (C=O) groups excluding carboxylic acids is 1. The first-order valence-electron chi connectivity index (χ1n) is 8.39. The van der Waals surface area contributed by atoms with Crippen molar-refractivity contribution < 1.29 is 4.79 Å². The highest BCUT2D eigenvalue weighted by Crippen LogP contribution is 2.14. The number of piperazine rings is 1. The second-order valence-electron chi connectivity index (χ2n) is 6.09. The molecule has 1 amide bonds. The molecule has 0 aliphatic carbocycles. The number of imidazole rings is 1. The van der Waals surface area contributed by atoms with Crippen molar-refractivity contribution in [1.82, 2.24) is 24.6 Å². The van der Waals surface area contributed by atoms with Crippen LogP contribution in [-0.4, -0.2) is 56.7 Å². The second kappa shape index (κ2) is 6.80. The minimum atomic E-state index is 0.0877. The van der Waals surface area contributed by atoms with E-state index in [-0.39, 0.29) is 5.91 Å². The van der Waals surface area contributed by atoms with Gasteiger partial charge in [-0.3, -0.25) is 9.48 Å². The third kappa shape index (κ3) is 3.40. The molecule has 1 N–H and O–H groups in total. The third-order valence-electron chi connectivity index (χ3n) is 4.45. The predicted octanol–water partition coefficient (Wildman–Crippen LogP) is 1.62. The van der Waals surface area contributed by atoms with Gasteiger partial charge in [-0.15, -0.1) is 0 Å². The van der Waals surface area contributed by atoms with E-state index in [0.717, 1.165) is 30.2 Å². The van der Waals surface area contributed by atoms with E-state index in [0.29, 0.717) is 19.6 Å². The van der Waals surface area contributed by atoms with Crippen LogP contribution in [0, 0.1) is 0 Å². The van der Waals surface area contributed by atoms with E-state index in [9.17, 15) is 4.79 Å². The Bertz CT molecular complexity index is 802. The van der Waals surface area contributed by atoms with Crippen molar-refractivity contribution in [3.8, 4) is 0 Å². The zero-order valence-corrected chi connectivity index (χ0v) is 13.9. The van der Waals surface area contributed by atoms with Crippen molar-refractivity contribution in [2.75, 3.05) is 31.1 Å². The number of hydrogen-bond acceptors (Lipinski definition) is 4. The normalized spacial score (nSPS) is 14.7. The summed E-state index contributed by atoms with van der Waals surface area (Å²) in [5.74, 6) is 0.958. The van der Waals surface area contributed by atoms with Crippen LogP contribution in [0.5, 0.6) is 0 Å². The lowest BCUT2D eigenvalue weighted by molar-refractivity contribution is 0.0746. The monoisotopic (exact) mass is 336 g/mol. The molecule has 128 valence electrons. The Balaban J connectivity index is 1.36. The molecule has 1 fully saturated rings. The highest BCUT2D eigenvalue weighted by Gasteiger charge is 2.23. The molecule has 0 spiro atoms. The topological polar surface area (TPSA) is 70.1 Å². The largest absolute Gasteiger partial charge is 0.339 e. The molecular weight excluding hydrogens is 316 g/mol. The van der Waals surface area contributed by atoms with Gasteiger partial charge in [0.15, 0.2) is 0 Å². The Labute approximate surface area is 145 Å². The summed E-state index contributed by atoms with van der Waals surface area (Å²) in [6, 6.07) is 9.70. The summed E-state index contributed by atoms with van der Waals surface area (Å²) in [6.45, 7) is 3.69. The van der Waals surface area contributed by atoms with E-state index in [1.807, 2.05) is 52.3 Å². The summed E-state index contributed by atoms with van der Waals surface area (Å²) in [5.41, 5.74) is 1.86. The lowest BCUT2D eigenvalue weighted by Gasteiger charge is -2.34. The zero-order chi connectivity index (χ0) is 17.1. The number of rotatable bonds is 4. The van der Waals surface area contributed by atoms with Crippen LogP contribution in [0.15, 0.2) is 55.1 Å². The maximum Gasteiger partial charge on any atom is 0.253 e. The van der Waals surface area contributed by atoms with Crippen LogP contribution in [0.4, 0.5) is 5.95 Å². The van der Waals surface area contributed by atoms with E-state index in [4.69, 9.17) is 0 Å². The molecule has 7 nitrogen and oxygen atoms in total. The molecule has 25 heavy (non-hydrogen) atoms. The number of amides is 1. The van der Waals surface area contributed by atoms with Crippen molar-refractivity contribution in [2.45, 2.75) is 6.54 Å². The first-order chi connectivity index (χ1) is 12.3. The number of nitrogens with zero attached hydrogens (tertiary/aromatic N) is 5. The van der Waals surface area contributed by atoms with Gasteiger partial charge in [-0.1, -0.05) is 12.1 Å². The summed E-state index contributed by atoms with van der Waals surface area (Å²) in [7, 11) is 0. The molecule has 0 unspecified atom stereocenters. The van der Waals surface area contributed by atoms with Crippen molar-refractivity contribution >= 4 is 11.9 Å². The lowest BCUT2D eigenvalue weighted by Crippen LogP contribution is -2.49. The number of aromatic nitrogens is 4. The predicted molar refractivity (Wildman–Crippen MR) is 94.5 cm³/mol. The number of hydrogen-bond donors (Lipinski definition) is 1. The molecule has 0 atom stereocenters. The van der Waals surface area contributed by atoms with Gasteiger partial charge in [-0.25, -0.2) is 4.98 Å². The Morgan fingerprint density at radius 1 is 1.08 bits per heavy atom. The minimum absolute atomic E-state index is 0.0877. The summed E-state index contributed by atoms with van der Waals surface area (Å²) in [5, 5.41) is 4.20. The van der Waals surface area contributed by atoms with E-state index < -0.39 is 0 Å². The van der Waals surface area contributed by atoms with E-state index in [1.165, 1.54) is 0 Å². The summed E-state index contributed by atoms with van der Waals surface area (Å²) >= 11 is 0. The molecule has 2 aromatic heterocycles. The fourth-order valence-corrected chi connectivity index (χ4v) is 3.07. The van der Waals surface area contributed by atoms with Crippen molar-refractivity contribution in [2.24, 2.45) is 0 Å². The molecule has 0 bridgehead atoms. The van der Waals surface area contributed by atoms with Crippen LogP contribution in [0.25, 0.3) is 0 Å². The summed E-state index contributed by atoms with van der Waals surface area (Å²) in [6.07, 6.45) is 7.26. The zero-order valence-electron chi connectivity index (χ0n) is 13.9. The number of benzene rings is 1. The van der Waals surface area contributed by atoms with E-state index >= 15 is 0 Å². The lowest BCUT2D eigenvalue weighted by atomic mass is 10.1. The number of H-pyrrole nitrogens is 1. The molecule has 3 aromatic rings. The van der Waals surface area contributed by atoms with E-state index in [1.54, 1.807) is 12.4 Å². The Morgan fingerprint density at radius 2 is 1.88 bits per heavy atom. The van der Waals surface area contributed by atoms with Crippen LogP contribution >= 0.6 is 0 Å². The van der Waals surface area contributed by atoms with Crippen LogP contribution < -0.4 is 4.90 Å². The molecule has 0 saturated carbocycles. The van der Waals surface area contributed by atoms with E-state index in [2.05, 4.69) is 20.0 Å². The van der Waals surface area contributed by atoms with Gasteiger partial charge in [0.1, 0.15) is 0 Å². The molecule has 4 rings (SSSR count). The Hall–Kier alpha value is -3.09. The number of nitrogens with one attached hydrogen (secondary N) is 1. The van der Waals surface area contributed by atoms with Crippen LogP contribution in [0.1, 0.15) is 15.9 Å². The molecule has 1 aromatic carbocycles. The standard InChI is InChI=1S/C18H20N6O/c25-17(22-10-12-23(13-11-22)18-19-7-8-20-18)16-4-2-15(3-5-16)14-24-9-1-6-21-24/h1-9H,10-14H2,(H,19,20). The molecule has 0 radical (unpaired) electrons. The van der Waals surface area contributed by atoms with Gasteiger partial charge in [0, 0.05) is 56.5 Å². The van der Waals surface area contributed by atoms with Crippen LogP contribution in [-0.2, 0) is 6.54 Å². The second-order valence-corrected chi connectivity index (χ2v) is 6.09. The SMILES string of the molecule is O=C(c1ccc(Cn2cccn2)cc1)N1CCN(c2ncc[nH]2)CC1. The molecule has 1 saturated heterocycles. The number of carbonyl (C=O) groups is 1. The van der Waals surface area contributed by atoms with Crippen LogP contribution in [0.2, 0.25) is 0 Å². The maximum absolute atomic E-state index is 12.7. The number of anilines is 1. The Morgan fingerprint density at radius 3 is 2.52 bits per heavy atom. The van der Waals surface area contributed by atoms with Gasteiger partial charge >= 0.3 is 0 Å². The minimum Gasteiger partial charge on any atom is -0.339 e. The molecule has 7 heteroatoms. The van der Waals surface area contributed by atoms with Crippen molar-refractivity contribution in [3.63, 3.8) is 0 Å². The average Bonchev–Trinajstić information content (AvgIpc) is 3.36. The fraction of sp³-hybridized carbons (Fsp3) is 0.278. The van der Waals surface area contributed by atoms with Gasteiger partial charge in [0.05, 0.1) is 6.54 Å². The highest BCUT2D eigenvalue weighted by molar-refractivity contribution is 5.94. The van der Waals surface area contributed by atoms with Crippen LogP contribution in [0.3, 0.4) is 0 Å². The summed E-state index contributed by atoms with van der Waals surface area (Å²) < 4.78 is 1.87. The fourth-order valence-electron chi connectivity index (χ4n) is 3.07. The van der Waals surface area contributed by atoms with Gasteiger partial charge in [-0.05, 0) is 23.8 Å². The third-order valence-corrected chi connectivity index (χ3v) is 4.45. The van der Waals surface area contributed by atoms with Crippen molar-refractivity contribution in [3.05, 3.63) is 66.2 Å². The first-order valence-corrected chi connectivity index (χ1v) is 8.39. The smallest absolute Gasteiger partial charge is 0.253 e. The average molecular weight is 336 g/mol. The van der Waals surface area contributed by atoms with Crippen molar-refractivity contribution in [1.29, 1.82) is 0 Å². The molecule has 1 aliphatic rings. The van der Waals surface area contributed by atoms with Gasteiger partial charge in [0.25, 0.3) is 5.91 Å².